The Labute approximate surface area is 89.4 Å². The van der Waals surface area contributed by atoms with Crippen molar-refractivity contribution in [3.05, 3.63) is 10.8 Å². The largest absolute Gasteiger partial charge is 0.392 e. The predicted octanol–water partition coefficient (Wildman–Crippen LogP) is 2.37. The zero-order valence-electron chi connectivity index (χ0n) is 9.03. The van der Waals surface area contributed by atoms with E-state index in [9.17, 15) is 5.11 Å². The fourth-order valence-electron chi connectivity index (χ4n) is 1.30. The summed E-state index contributed by atoms with van der Waals surface area (Å²) in [7, 11) is 0. The van der Waals surface area contributed by atoms with Gasteiger partial charge in [0.1, 0.15) is 10.8 Å². The molecule has 0 fully saturated rings. The molecule has 1 N–H and O–H groups in total. The van der Waals surface area contributed by atoms with Crippen molar-refractivity contribution in [2.24, 2.45) is 0 Å². The summed E-state index contributed by atoms with van der Waals surface area (Å²) in [5, 5.41) is 10.6. The summed E-state index contributed by atoms with van der Waals surface area (Å²) in [5.41, 5.74) is 0. The molecule has 0 aromatic carbocycles. The number of aliphatic hydroxyl groups excluding tert-OH is 1. The van der Waals surface area contributed by atoms with Crippen molar-refractivity contribution in [3.8, 4) is 0 Å². The molecule has 3 nitrogen and oxygen atoms in total. The average molecular weight is 214 g/mol. The lowest BCUT2D eigenvalue weighted by molar-refractivity contribution is 0.145. The Balaban J connectivity index is 2.65. The monoisotopic (exact) mass is 214 g/mol. The van der Waals surface area contributed by atoms with E-state index in [0.717, 1.165) is 30.1 Å². The summed E-state index contributed by atoms with van der Waals surface area (Å²) in [6.07, 6.45) is 2.48. The minimum atomic E-state index is -0.294. The third-order valence-electron chi connectivity index (χ3n) is 2.34. The lowest BCUT2D eigenvalue weighted by Crippen LogP contribution is -2.14. The molecular formula is C10H18N2OS. The highest BCUT2D eigenvalue weighted by Gasteiger charge is 2.18. The highest BCUT2D eigenvalue weighted by molar-refractivity contribution is 7.05. The van der Waals surface area contributed by atoms with Crippen LogP contribution in [0.4, 0.5) is 0 Å². The van der Waals surface area contributed by atoms with E-state index in [1.165, 1.54) is 11.5 Å². The maximum atomic E-state index is 9.66. The Kier molecular flexibility index (Phi) is 4.48. The molecule has 0 saturated carbocycles. The van der Waals surface area contributed by atoms with Gasteiger partial charge in [-0.05, 0) is 24.4 Å². The van der Waals surface area contributed by atoms with E-state index in [2.05, 4.69) is 16.3 Å². The van der Waals surface area contributed by atoms with Gasteiger partial charge in [-0.1, -0.05) is 20.8 Å². The van der Waals surface area contributed by atoms with Crippen molar-refractivity contribution in [1.82, 2.24) is 9.36 Å². The second-order valence-corrected chi connectivity index (χ2v) is 4.35. The van der Waals surface area contributed by atoms with Crippen molar-refractivity contribution < 1.29 is 5.11 Å². The van der Waals surface area contributed by atoms with Crippen LogP contribution in [0.2, 0.25) is 0 Å². The fourth-order valence-corrected chi connectivity index (χ4v) is 2.10. The normalized spacial score (nSPS) is 15.4. The van der Waals surface area contributed by atoms with Crippen LogP contribution in [0.15, 0.2) is 0 Å². The summed E-state index contributed by atoms with van der Waals surface area (Å²) in [5.74, 6) is 1.03. The molecule has 0 amide bonds. The molecule has 1 rings (SSSR count). The molecule has 1 heterocycles. The molecule has 0 aliphatic heterocycles. The number of aliphatic hydroxyl groups is 1. The van der Waals surface area contributed by atoms with E-state index in [-0.39, 0.29) is 12.0 Å². The van der Waals surface area contributed by atoms with Gasteiger partial charge in [0.15, 0.2) is 0 Å². The van der Waals surface area contributed by atoms with Crippen molar-refractivity contribution in [2.75, 3.05) is 0 Å². The molecule has 14 heavy (non-hydrogen) atoms. The molecule has 0 saturated heterocycles. The van der Waals surface area contributed by atoms with Gasteiger partial charge in [-0.15, -0.1) is 0 Å². The Bertz CT molecular complexity index is 275. The SMILES string of the molecule is CCCc1nsc(C(C)C(O)CC)n1. The lowest BCUT2D eigenvalue weighted by atomic mass is 10.0. The summed E-state index contributed by atoms with van der Waals surface area (Å²) < 4.78 is 4.26. The molecule has 1 aromatic rings. The van der Waals surface area contributed by atoms with E-state index >= 15 is 0 Å². The molecule has 0 aliphatic carbocycles. The van der Waals surface area contributed by atoms with Gasteiger partial charge < -0.3 is 5.11 Å². The fraction of sp³-hybridized carbons (Fsp3) is 0.800. The van der Waals surface area contributed by atoms with Crippen molar-refractivity contribution >= 4 is 11.5 Å². The van der Waals surface area contributed by atoms with E-state index in [4.69, 9.17) is 0 Å². The van der Waals surface area contributed by atoms with Crippen LogP contribution >= 0.6 is 11.5 Å². The average Bonchev–Trinajstić information content (AvgIpc) is 2.64. The van der Waals surface area contributed by atoms with Gasteiger partial charge in [0.2, 0.25) is 0 Å². The number of hydrogen-bond acceptors (Lipinski definition) is 4. The summed E-state index contributed by atoms with van der Waals surface area (Å²) in [6.45, 7) is 6.10. The Hall–Kier alpha value is -0.480. The molecule has 2 unspecified atom stereocenters. The van der Waals surface area contributed by atoms with E-state index < -0.39 is 0 Å². The second-order valence-electron chi connectivity index (χ2n) is 3.56. The second kappa shape index (κ2) is 5.41. The number of nitrogens with zero attached hydrogens (tertiary/aromatic N) is 2. The summed E-state index contributed by atoms with van der Waals surface area (Å²) >= 11 is 1.42. The molecule has 1 aromatic heterocycles. The molecule has 0 aliphatic rings. The first kappa shape index (κ1) is 11.6. The highest BCUT2D eigenvalue weighted by Crippen LogP contribution is 2.22. The lowest BCUT2D eigenvalue weighted by Gasteiger charge is -2.13. The van der Waals surface area contributed by atoms with Crippen molar-refractivity contribution in [1.29, 1.82) is 0 Å². The molecule has 0 spiro atoms. The van der Waals surface area contributed by atoms with Gasteiger partial charge in [-0.25, -0.2) is 4.98 Å². The minimum Gasteiger partial charge on any atom is -0.392 e. The van der Waals surface area contributed by atoms with Crippen LogP contribution in [0, 0.1) is 0 Å². The van der Waals surface area contributed by atoms with Crippen LogP contribution in [0.1, 0.15) is 50.4 Å². The van der Waals surface area contributed by atoms with Crippen LogP contribution in [0.25, 0.3) is 0 Å². The molecule has 0 bridgehead atoms. The van der Waals surface area contributed by atoms with Gasteiger partial charge >= 0.3 is 0 Å². The van der Waals surface area contributed by atoms with Gasteiger partial charge in [0.25, 0.3) is 0 Å². The zero-order chi connectivity index (χ0) is 10.6. The topological polar surface area (TPSA) is 46.0 Å². The van der Waals surface area contributed by atoms with E-state index in [0.29, 0.717) is 0 Å². The third-order valence-corrected chi connectivity index (χ3v) is 3.29. The quantitative estimate of drug-likeness (QED) is 0.818. The molecule has 80 valence electrons. The Morgan fingerprint density at radius 2 is 2.14 bits per heavy atom. The van der Waals surface area contributed by atoms with Crippen LogP contribution < -0.4 is 0 Å². The summed E-state index contributed by atoms with van der Waals surface area (Å²) in [4.78, 5) is 4.42. The van der Waals surface area contributed by atoms with Gasteiger partial charge in [0.05, 0.1) is 6.10 Å². The molecule has 0 radical (unpaired) electrons. The van der Waals surface area contributed by atoms with Gasteiger partial charge in [-0.3, -0.25) is 0 Å². The molecule has 4 heteroatoms. The Morgan fingerprint density at radius 3 is 2.71 bits per heavy atom. The van der Waals surface area contributed by atoms with Crippen LogP contribution in [-0.4, -0.2) is 20.6 Å². The van der Waals surface area contributed by atoms with Crippen molar-refractivity contribution in [3.63, 3.8) is 0 Å². The first-order valence-electron chi connectivity index (χ1n) is 5.19. The maximum Gasteiger partial charge on any atom is 0.142 e. The maximum absolute atomic E-state index is 9.66. The highest BCUT2D eigenvalue weighted by atomic mass is 32.1. The summed E-state index contributed by atoms with van der Waals surface area (Å²) in [6, 6.07) is 0. The molecule has 2 atom stereocenters. The number of hydrogen-bond donors (Lipinski definition) is 1. The standard InChI is InChI=1S/C10H18N2OS/c1-4-6-9-11-10(14-12-9)7(3)8(13)5-2/h7-8,13H,4-6H2,1-3H3. The predicted molar refractivity (Wildman–Crippen MR) is 58.6 cm³/mol. The number of rotatable bonds is 5. The van der Waals surface area contributed by atoms with Gasteiger partial charge in [0, 0.05) is 12.3 Å². The van der Waals surface area contributed by atoms with E-state index in [1.54, 1.807) is 0 Å². The number of aromatic nitrogens is 2. The molecular weight excluding hydrogens is 196 g/mol. The van der Waals surface area contributed by atoms with Gasteiger partial charge in [-0.2, -0.15) is 4.37 Å². The van der Waals surface area contributed by atoms with Crippen molar-refractivity contribution in [2.45, 2.75) is 52.1 Å². The smallest absolute Gasteiger partial charge is 0.142 e. The van der Waals surface area contributed by atoms with Crippen LogP contribution in [0.5, 0.6) is 0 Å². The zero-order valence-corrected chi connectivity index (χ0v) is 9.84. The first-order valence-corrected chi connectivity index (χ1v) is 5.96. The first-order chi connectivity index (χ1) is 6.69. The van der Waals surface area contributed by atoms with E-state index in [1.807, 2.05) is 13.8 Å². The van der Waals surface area contributed by atoms with Crippen LogP contribution in [0.3, 0.4) is 0 Å². The minimum absolute atomic E-state index is 0.114. The Morgan fingerprint density at radius 1 is 1.43 bits per heavy atom. The third kappa shape index (κ3) is 2.75. The number of aryl methyl sites for hydroxylation is 1. The van der Waals surface area contributed by atoms with Crippen LogP contribution in [-0.2, 0) is 6.42 Å².